The number of aryl methyl sites for hydroxylation is 1. The van der Waals surface area contributed by atoms with Gasteiger partial charge in [-0.25, -0.2) is 4.68 Å². The molecule has 0 amide bonds. The molecule has 0 saturated carbocycles. The van der Waals surface area contributed by atoms with Crippen LogP contribution in [0.4, 0.5) is 0 Å². The second-order valence-corrected chi connectivity index (χ2v) is 4.91. The molecule has 0 aliphatic carbocycles. The van der Waals surface area contributed by atoms with Crippen molar-refractivity contribution in [2.24, 2.45) is 0 Å². The number of aromatic nitrogens is 3. The van der Waals surface area contributed by atoms with Gasteiger partial charge < -0.3 is 14.8 Å². The Morgan fingerprint density at radius 3 is 2.89 bits per heavy atom. The van der Waals surface area contributed by atoms with E-state index in [2.05, 4.69) is 20.3 Å². The lowest BCUT2D eigenvalue weighted by Crippen LogP contribution is -2.20. The Bertz CT molecular complexity index is 375. The van der Waals surface area contributed by atoms with E-state index in [9.17, 15) is 0 Å². The van der Waals surface area contributed by atoms with Crippen molar-refractivity contribution in [3.8, 4) is 0 Å². The Hall–Kier alpha value is -0.980. The van der Waals surface area contributed by atoms with Crippen molar-refractivity contribution in [2.45, 2.75) is 38.3 Å². The van der Waals surface area contributed by atoms with Crippen molar-refractivity contribution in [2.75, 3.05) is 34.0 Å². The summed E-state index contributed by atoms with van der Waals surface area (Å²) in [5, 5.41) is 11.8. The number of ether oxygens (including phenoxy) is 2. The number of methoxy groups -OCH3 is 1. The quantitative estimate of drug-likeness (QED) is 0.745. The molecule has 6 nitrogen and oxygen atoms in total. The molecule has 1 saturated heterocycles. The zero-order valence-corrected chi connectivity index (χ0v) is 11.9. The highest BCUT2D eigenvalue weighted by Gasteiger charge is 2.24. The largest absolute Gasteiger partial charge is 0.385 e. The fraction of sp³-hybridized carbons (Fsp3) is 0.846. The van der Waals surface area contributed by atoms with Gasteiger partial charge in [0, 0.05) is 45.9 Å². The maximum atomic E-state index is 5.45. The maximum absolute atomic E-state index is 5.45. The van der Waals surface area contributed by atoms with Gasteiger partial charge >= 0.3 is 0 Å². The van der Waals surface area contributed by atoms with Gasteiger partial charge in [-0.05, 0) is 26.3 Å². The van der Waals surface area contributed by atoms with Gasteiger partial charge in [0.05, 0.1) is 11.4 Å². The predicted octanol–water partition coefficient (Wildman–Crippen LogP) is 0.928. The Labute approximate surface area is 114 Å². The summed E-state index contributed by atoms with van der Waals surface area (Å²) in [6.07, 6.45) is 3.10. The number of hydrogen-bond acceptors (Lipinski definition) is 5. The number of nitrogens with one attached hydrogen (secondary N) is 1. The average molecular weight is 268 g/mol. The van der Waals surface area contributed by atoms with E-state index < -0.39 is 0 Å². The van der Waals surface area contributed by atoms with Crippen LogP contribution in [0.5, 0.6) is 0 Å². The summed E-state index contributed by atoms with van der Waals surface area (Å²) in [5.41, 5.74) is 2.36. The lowest BCUT2D eigenvalue weighted by atomic mass is 9.94. The van der Waals surface area contributed by atoms with E-state index in [-0.39, 0.29) is 0 Å². The highest BCUT2D eigenvalue weighted by molar-refractivity contribution is 5.16. The first-order valence-electron chi connectivity index (χ1n) is 7.00. The summed E-state index contributed by atoms with van der Waals surface area (Å²) in [7, 11) is 3.67. The fourth-order valence-electron chi connectivity index (χ4n) is 2.59. The molecule has 0 atom stereocenters. The van der Waals surface area contributed by atoms with Crippen molar-refractivity contribution in [3.05, 3.63) is 11.4 Å². The first-order chi connectivity index (χ1) is 9.36. The second-order valence-electron chi connectivity index (χ2n) is 4.91. The van der Waals surface area contributed by atoms with Crippen LogP contribution in [0.1, 0.15) is 36.6 Å². The van der Waals surface area contributed by atoms with Crippen molar-refractivity contribution >= 4 is 0 Å². The lowest BCUT2D eigenvalue weighted by molar-refractivity contribution is 0.0831. The average Bonchev–Trinajstić information content (AvgIpc) is 2.84. The van der Waals surface area contributed by atoms with Crippen LogP contribution >= 0.6 is 0 Å². The van der Waals surface area contributed by atoms with Gasteiger partial charge in [0.1, 0.15) is 0 Å². The summed E-state index contributed by atoms with van der Waals surface area (Å²) < 4.78 is 12.6. The van der Waals surface area contributed by atoms with Crippen molar-refractivity contribution in [3.63, 3.8) is 0 Å². The van der Waals surface area contributed by atoms with E-state index in [0.717, 1.165) is 57.9 Å². The van der Waals surface area contributed by atoms with E-state index in [1.807, 2.05) is 7.05 Å². The molecule has 0 aromatic carbocycles. The molecule has 1 aromatic heterocycles. The Morgan fingerprint density at radius 1 is 1.42 bits per heavy atom. The molecule has 0 unspecified atom stereocenters. The van der Waals surface area contributed by atoms with E-state index in [0.29, 0.717) is 5.92 Å². The fourth-order valence-corrected chi connectivity index (χ4v) is 2.59. The number of rotatable bonds is 7. The number of hydrogen-bond donors (Lipinski definition) is 1. The van der Waals surface area contributed by atoms with Crippen LogP contribution in [0.3, 0.4) is 0 Å². The van der Waals surface area contributed by atoms with Crippen LogP contribution in [0.15, 0.2) is 0 Å². The summed E-state index contributed by atoms with van der Waals surface area (Å²) in [6, 6.07) is 0. The minimum atomic E-state index is 0.523. The second kappa shape index (κ2) is 7.57. The molecule has 0 bridgehead atoms. The molecular weight excluding hydrogens is 244 g/mol. The third kappa shape index (κ3) is 3.75. The highest BCUT2D eigenvalue weighted by atomic mass is 16.5. The smallest absolute Gasteiger partial charge is 0.0999 e. The minimum absolute atomic E-state index is 0.523. The van der Waals surface area contributed by atoms with E-state index >= 15 is 0 Å². The SMILES string of the molecule is CNCc1nnn(CCCOC)c1C1CCOCC1. The van der Waals surface area contributed by atoms with Gasteiger partial charge in [-0.3, -0.25) is 0 Å². The summed E-state index contributed by atoms with van der Waals surface area (Å²) in [4.78, 5) is 0. The van der Waals surface area contributed by atoms with Crippen LogP contribution in [0, 0.1) is 0 Å². The molecule has 0 radical (unpaired) electrons. The molecule has 2 rings (SSSR count). The third-order valence-corrected chi connectivity index (χ3v) is 3.52. The summed E-state index contributed by atoms with van der Waals surface area (Å²) >= 11 is 0. The molecule has 2 heterocycles. The standard InChI is InChI=1S/C13H24N4O2/c1-14-10-12-13(11-4-8-19-9-5-11)17(16-15-12)6-3-7-18-2/h11,14H,3-10H2,1-2H3. The number of nitrogens with zero attached hydrogens (tertiary/aromatic N) is 3. The van der Waals surface area contributed by atoms with Gasteiger partial charge in [-0.2, -0.15) is 0 Å². The first kappa shape index (κ1) is 14.4. The summed E-state index contributed by atoms with van der Waals surface area (Å²) in [5.74, 6) is 0.523. The Morgan fingerprint density at radius 2 is 2.21 bits per heavy atom. The Kier molecular flexibility index (Phi) is 5.75. The molecule has 1 fully saturated rings. The van der Waals surface area contributed by atoms with Gasteiger partial charge in [-0.15, -0.1) is 5.10 Å². The van der Waals surface area contributed by atoms with Gasteiger partial charge in [0.2, 0.25) is 0 Å². The molecule has 1 aliphatic heterocycles. The zero-order chi connectivity index (χ0) is 13.5. The van der Waals surface area contributed by atoms with Gasteiger partial charge in [-0.1, -0.05) is 5.21 Å². The molecule has 19 heavy (non-hydrogen) atoms. The third-order valence-electron chi connectivity index (χ3n) is 3.52. The monoisotopic (exact) mass is 268 g/mol. The van der Waals surface area contributed by atoms with Crippen LogP contribution in [-0.4, -0.2) is 49.0 Å². The maximum Gasteiger partial charge on any atom is 0.0999 e. The van der Waals surface area contributed by atoms with E-state index in [4.69, 9.17) is 9.47 Å². The normalized spacial score (nSPS) is 16.9. The van der Waals surface area contributed by atoms with Gasteiger partial charge in [0.25, 0.3) is 0 Å². The molecule has 1 N–H and O–H groups in total. The molecule has 6 heteroatoms. The first-order valence-corrected chi connectivity index (χ1v) is 7.00. The van der Waals surface area contributed by atoms with Crippen molar-refractivity contribution in [1.82, 2.24) is 20.3 Å². The van der Waals surface area contributed by atoms with Crippen LogP contribution in [0.2, 0.25) is 0 Å². The molecule has 108 valence electrons. The predicted molar refractivity (Wildman–Crippen MR) is 72.1 cm³/mol. The lowest BCUT2D eigenvalue weighted by Gasteiger charge is -2.23. The minimum Gasteiger partial charge on any atom is -0.385 e. The highest BCUT2D eigenvalue weighted by Crippen LogP contribution is 2.28. The van der Waals surface area contributed by atoms with Crippen molar-refractivity contribution < 1.29 is 9.47 Å². The molecule has 1 aromatic rings. The van der Waals surface area contributed by atoms with Crippen LogP contribution < -0.4 is 5.32 Å². The van der Waals surface area contributed by atoms with E-state index in [1.54, 1.807) is 7.11 Å². The Balaban J connectivity index is 2.12. The van der Waals surface area contributed by atoms with Gasteiger partial charge in [0.15, 0.2) is 0 Å². The topological polar surface area (TPSA) is 61.2 Å². The summed E-state index contributed by atoms with van der Waals surface area (Å²) in [6.45, 7) is 4.09. The van der Waals surface area contributed by atoms with E-state index in [1.165, 1.54) is 5.69 Å². The molecule has 1 aliphatic rings. The molecule has 0 spiro atoms. The van der Waals surface area contributed by atoms with Crippen LogP contribution in [0.25, 0.3) is 0 Å². The molecular formula is C13H24N4O2. The van der Waals surface area contributed by atoms with Crippen molar-refractivity contribution in [1.29, 1.82) is 0 Å². The zero-order valence-electron chi connectivity index (χ0n) is 11.9. The van der Waals surface area contributed by atoms with Crippen LogP contribution in [-0.2, 0) is 22.6 Å².